The molecule has 8 heteroatoms. The molecule has 0 bridgehead atoms. The first-order valence-corrected chi connectivity index (χ1v) is 7.70. The summed E-state index contributed by atoms with van der Waals surface area (Å²) in [5.74, 6) is 0.278. The van der Waals surface area contributed by atoms with Gasteiger partial charge in [-0.3, -0.25) is 9.36 Å². The molecule has 3 rings (SSSR count). The Morgan fingerprint density at radius 2 is 2.04 bits per heavy atom. The number of amides is 1. The summed E-state index contributed by atoms with van der Waals surface area (Å²) in [5, 5.41) is 11.1. The number of aromatic nitrogens is 4. The van der Waals surface area contributed by atoms with Crippen LogP contribution in [0.15, 0.2) is 60.1 Å². The number of benzene rings is 1. The van der Waals surface area contributed by atoms with Crippen LogP contribution in [0.3, 0.4) is 0 Å². The molecule has 0 saturated carbocycles. The summed E-state index contributed by atoms with van der Waals surface area (Å²) in [5.41, 5.74) is 0.545. The average molecular weight is 329 g/mol. The van der Waals surface area contributed by atoms with Crippen LogP contribution in [0.4, 0.5) is 10.1 Å². The van der Waals surface area contributed by atoms with E-state index < -0.39 is 0 Å². The second-order valence-corrected chi connectivity index (χ2v) is 5.46. The molecule has 0 aliphatic carbocycles. The van der Waals surface area contributed by atoms with Gasteiger partial charge in [0.15, 0.2) is 5.16 Å². The predicted molar refractivity (Wildman–Crippen MR) is 84.9 cm³/mol. The van der Waals surface area contributed by atoms with Gasteiger partial charge in [-0.05, 0) is 36.4 Å². The first kappa shape index (κ1) is 15.2. The van der Waals surface area contributed by atoms with Crippen molar-refractivity contribution in [2.45, 2.75) is 5.16 Å². The van der Waals surface area contributed by atoms with E-state index in [4.69, 9.17) is 0 Å². The topological polar surface area (TPSA) is 72.7 Å². The number of thioether (sulfide) groups is 1. The van der Waals surface area contributed by atoms with Crippen molar-refractivity contribution in [3.05, 3.63) is 60.8 Å². The van der Waals surface area contributed by atoms with Gasteiger partial charge in [-0.1, -0.05) is 17.8 Å². The van der Waals surface area contributed by atoms with E-state index in [1.165, 1.54) is 36.0 Å². The maximum Gasteiger partial charge on any atom is 0.234 e. The summed E-state index contributed by atoms with van der Waals surface area (Å²) in [6.07, 6.45) is 3.22. The molecule has 0 radical (unpaired) electrons. The highest BCUT2D eigenvalue weighted by Gasteiger charge is 2.10. The van der Waals surface area contributed by atoms with Crippen LogP contribution in [0.2, 0.25) is 0 Å². The van der Waals surface area contributed by atoms with Gasteiger partial charge in [0, 0.05) is 11.9 Å². The van der Waals surface area contributed by atoms with Crippen LogP contribution in [-0.4, -0.2) is 31.4 Å². The van der Waals surface area contributed by atoms with Crippen molar-refractivity contribution in [3.8, 4) is 5.82 Å². The lowest BCUT2D eigenvalue weighted by Crippen LogP contribution is -2.14. The van der Waals surface area contributed by atoms with Gasteiger partial charge in [0.1, 0.15) is 18.0 Å². The lowest BCUT2D eigenvalue weighted by molar-refractivity contribution is -0.113. The van der Waals surface area contributed by atoms with E-state index >= 15 is 0 Å². The summed E-state index contributed by atoms with van der Waals surface area (Å²) in [4.78, 5) is 16.2. The summed E-state index contributed by atoms with van der Waals surface area (Å²) in [7, 11) is 0. The Hall–Kier alpha value is -2.74. The second kappa shape index (κ2) is 7.01. The summed E-state index contributed by atoms with van der Waals surface area (Å²) >= 11 is 1.24. The van der Waals surface area contributed by atoms with E-state index in [1.54, 1.807) is 17.1 Å². The van der Waals surface area contributed by atoms with Crippen molar-refractivity contribution >= 4 is 23.4 Å². The third kappa shape index (κ3) is 3.92. The van der Waals surface area contributed by atoms with Gasteiger partial charge in [-0.15, -0.1) is 10.2 Å². The third-order valence-corrected chi connectivity index (χ3v) is 3.82. The molecule has 1 aromatic carbocycles. The summed E-state index contributed by atoms with van der Waals surface area (Å²) in [6, 6.07) is 11.1. The van der Waals surface area contributed by atoms with Crippen LogP contribution in [0.25, 0.3) is 5.82 Å². The molecule has 0 spiro atoms. The Labute approximate surface area is 135 Å². The quantitative estimate of drug-likeness (QED) is 0.728. The minimum Gasteiger partial charge on any atom is -0.325 e. The first-order chi connectivity index (χ1) is 11.2. The van der Waals surface area contributed by atoms with Crippen LogP contribution in [-0.2, 0) is 4.79 Å². The Bertz CT molecular complexity index is 791. The zero-order valence-corrected chi connectivity index (χ0v) is 12.7. The van der Waals surface area contributed by atoms with Crippen LogP contribution >= 0.6 is 11.8 Å². The van der Waals surface area contributed by atoms with Crippen LogP contribution in [0, 0.1) is 5.82 Å². The number of hydrogen-bond acceptors (Lipinski definition) is 5. The van der Waals surface area contributed by atoms with Crippen molar-refractivity contribution in [2.75, 3.05) is 11.1 Å². The first-order valence-electron chi connectivity index (χ1n) is 6.72. The van der Waals surface area contributed by atoms with E-state index in [2.05, 4.69) is 20.5 Å². The molecule has 23 heavy (non-hydrogen) atoms. The van der Waals surface area contributed by atoms with Crippen molar-refractivity contribution in [1.82, 2.24) is 19.7 Å². The van der Waals surface area contributed by atoms with E-state index in [-0.39, 0.29) is 17.5 Å². The molecule has 6 nitrogen and oxygen atoms in total. The smallest absolute Gasteiger partial charge is 0.234 e. The molecule has 2 aromatic heterocycles. The Balaban J connectivity index is 1.62. The number of pyridine rings is 1. The van der Waals surface area contributed by atoms with Gasteiger partial charge in [0.2, 0.25) is 5.91 Å². The largest absolute Gasteiger partial charge is 0.325 e. The van der Waals surface area contributed by atoms with Crippen LogP contribution in [0.5, 0.6) is 0 Å². The van der Waals surface area contributed by atoms with E-state index in [0.29, 0.717) is 16.7 Å². The minimum atomic E-state index is -0.346. The lowest BCUT2D eigenvalue weighted by atomic mass is 10.3. The summed E-state index contributed by atoms with van der Waals surface area (Å²) in [6.45, 7) is 0. The van der Waals surface area contributed by atoms with E-state index in [1.807, 2.05) is 18.2 Å². The number of nitrogens with one attached hydrogen (secondary N) is 1. The Morgan fingerprint density at radius 1 is 1.22 bits per heavy atom. The van der Waals surface area contributed by atoms with Gasteiger partial charge in [-0.2, -0.15) is 0 Å². The fourth-order valence-corrected chi connectivity index (χ4v) is 2.55. The molecule has 3 aromatic rings. The van der Waals surface area contributed by atoms with Gasteiger partial charge in [0.05, 0.1) is 5.75 Å². The number of hydrogen-bond donors (Lipinski definition) is 1. The lowest BCUT2D eigenvalue weighted by Gasteiger charge is -2.06. The number of nitrogens with zero attached hydrogens (tertiary/aromatic N) is 4. The van der Waals surface area contributed by atoms with E-state index in [9.17, 15) is 9.18 Å². The molecule has 116 valence electrons. The maximum atomic E-state index is 12.8. The van der Waals surface area contributed by atoms with Crippen molar-refractivity contribution in [2.24, 2.45) is 0 Å². The molecular weight excluding hydrogens is 317 g/mol. The van der Waals surface area contributed by atoms with Gasteiger partial charge < -0.3 is 5.32 Å². The highest BCUT2D eigenvalue weighted by atomic mass is 32.2. The van der Waals surface area contributed by atoms with Gasteiger partial charge in [-0.25, -0.2) is 9.37 Å². The molecule has 0 saturated heterocycles. The number of rotatable bonds is 5. The SMILES string of the molecule is O=C(CSc1nncn1-c1ccccn1)Nc1ccc(F)cc1. The second-order valence-electron chi connectivity index (χ2n) is 4.52. The maximum absolute atomic E-state index is 12.8. The van der Waals surface area contributed by atoms with Crippen LogP contribution < -0.4 is 5.32 Å². The van der Waals surface area contributed by atoms with Gasteiger partial charge >= 0.3 is 0 Å². The van der Waals surface area contributed by atoms with Crippen LogP contribution in [0.1, 0.15) is 0 Å². The number of halogens is 1. The van der Waals surface area contributed by atoms with Gasteiger partial charge in [0.25, 0.3) is 0 Å². The summed E-state index contributed by atoms with van der Waals surface area (Å²) < 4.78 is 14.5. The number of carbonyl (C=O) groups is 1. The highest BCUT2D eigenvalue weighted by Crippen LogP contribution is 2.18. The fourth-order valence-electron chi connectivity index (χ4n) is 1.84. The Morgan fingerprint density at radius 3 is 2.78 bits per heavy atom. The minimum absolute atomic E-state index is 0.156. The number of carbonyl (C=O) groups excluding carboxylic acids is 1. The monoisotopic (exact) mass is 329 g/mol. The predicted octanol–water partition coefficient (Wildman–Crippen LogP) is 2.53. The molecule has 1 amide bonds. The molecule has 0 fully saturated rings. The fraction of sp³-hybridized carbons (Fsp3) is 0.0667. The average Bonchev–Trinajstić information content (AvgIpc) is 3.04. The third-order valence-electron chi connectivity index (χ3n) is 2.87. The number of anilines is 1. The molecule has 1 N–H and O–H groups in total. The molecule has 0 atom stereocenters. The van der Waals surface area contributed by atoms with Crippen molar-refractivity contribution in [3.63, 3.8) is 0 Å². The highest BCUT2D eigenvalue weighted by molar-refractivity contribution is 7.99. The Kier molecular flexibility index (Phi) is 4.62. The molecular formula is C15H12FN5OS. The normalized spacial score (nSPS) is 10.5. The van der Waals surface area contributed by atoms with Crippen molar-refractivity contribution < 1.29 is 9.18 Å². The van der Waals surface area contributed by atoms with E-state index in [0.717, 1.165) is 0 Å². The standard InChI is InChI=1S/C15H12FN5OS/c16-11-4-6-12(7-5-11)19-14(22)9-23-15-20-18-10-21(15)13-3-1-2-8-17-13/h1-8,10H,9H2,(H,19,22). The zero-order chi connectivity index (χ0) is 16.1. The molecule has 0 aliphatic rings. The molecule has 0 unspecified atom stereocenters. The zero-order valence-electron chi connectivity index (χ0n) is 11.9. The van der Waals surface area contributed by atoms with Crippen molar-refractivity contribution in [1.29, 1.82) is 0 Å². The molecule has 0 aliphatic heterocycles. The molecule has 2 heterocycles.